The average molecular weight is 446 g/mol. The Hall–Kier alpha value is -1.51. The smallest absolute Gasteiger partial charge is 0.410 e. The van der Waals surface area contributed by atoms with Crippen LogP contribution in [0, 0.1) is 0 Å². The van der Waals surface area contributed by atoms with Crippen molar-refractivity contribution in [3.05, 3.63) is 29.8 Å². The van der Waals surface area contributed by atoms with Crippen LogP contribution in [0.5, 0.6) is 0 Å². The summed E-state index contributed by atoms with van der Waals surface area (Å²) in [6, 6.07) is 8.08. The molecule has 0 aliphatic carbocycles. The normalized spacial score (nSPS) is 15.3. The third-order valence-electron chi connectivity index (χ3n) is 3.44. The number of hydrogen-bond acceptors (Lipinski definition) is 3. The van der Waals surface area contributed by atoms with Crippen LogP contribution in [0.15, 0.2) is 29.3 Å². The lowest BCUT2D eigenvalue weighted by Gasteiger charge is -2.37. The minimum absolute atomic E-state index is 0. The Morgan fingerprint density at radius 2 is 2.08 bits per heavy atom. The van der Waals surface area contributed by atoms with Gasteiger partial charge < -0.3 is 20.7 Å². The zero-order valence-corrected chi connectivity index (χ0v) is 17.0. The van der Waals surface area contributed by atoms with Gasteiger partial charge in [0.25, 0.3) is 0 Å². The van der Waals surface area contributed by atoms with Crippen LogP contribution in [0.3, 0.4) is 0 Å². The molecule has 1 amide bonds. The predicted molar refractivity (Wildman–Crippen MR) is 108 cm³/mol. The first kappa shape index (κ1) is 20.5. The zero-order valence-electron chi connectivity index (χ0n) is 14.7. The molecule has 1 heterocycles. The number of guanidine groups is 1. The number of carbonyl (C=O) groups excluding carboxylic acids is 1. The molecule has 134 valence electrons. The number of ether oxygens (including phenoxy) is 1. The molecule has 7 heteroatoms. The van der Waals surface area contributed by atoms with Crippen molar-refractivity contribution in [2.24, 2.45) is 10.7 Å². The van der Waals surface area contributed by atoms with Gasteiger partial charge in [-0.1, -0.05) is 19.1 Å². The number of benzene rings is 1. The van der Waals surface area contributed by atoms with Gasteiger partial charge >= 0.3 is 6.09 Å². The highest BCUT2D eigenvalue weighted by Gasteiger charge is 2.33. The Bertz CT molecular complexity index is 592. The van der Waals surface area contributed by atoms with E-state index in [1.165, 1.54) is 5.56 Å². The molecular weight excluding hydrogens is 419 g/mol. The van der Waals surface area contributed by atoms with E-state index in [1.807, 2.05) is 32.9 Å². The van der Waals surface area contributed by atoms with Crippen molar-refractivity contribution >= 4 is 41.7 Å². The highest BCUT2D eigenvalue weighted by molar-refractivity contribution is 14.0. The molecule has 0 bridgehead atoms. The molecular formula is C17H27IN4O2. The largest absolute Gasteiger partial charge is 0.444 e. The molecule has 0 atom stereocenters. The van der Waals surface area contributed by atoms with Gasteiger partial charge in [-0.05, 0) is 44.9 Å². The van der Waals surface area contributed by atoms with Crippen LogP contribution in [-0.4, -0.2) is 41.7 Å². The first-order valence-electron chi connectivity index (χ1n) is 7.94. The molecule has 0 radical (unpaired) electrons. The van der Waals surface area contributed by atoms with Gasteiger partial charge in [0.2, 0.25) is 0 Å². The standard InChI is InChI=1S/C17H26N4O2.HI/c1-5-12-7-6-8-13(9-12)19-15(18)20-14-10-21(11-14)16(22)23-17(2,3)4;/h6-9,14H,5,10-11H2,1-4H3,(H3,18,19,20);1H. The number of halogens is 1. The second-order valence-corrected chi connectivity index (χ2v) is 6.73. The van der Waals surface area contributed by atoms with E-state index in [0.717, 1.165) is 12.1 Å². The molecule has 2 rings (SSSR count). The van der Waals surface area contributed by atoms with E-state index in [1.54, 1.807) is 4.90 Å². The molecule has 1 aromatic carbocycles. The number of nitrogens with one attached hydrogen (secondary N) is 1. The number of aliphatic imine (C=N–C) groups is 1. The summed E-state index contributed by atoms with van der Waals surface area (Å²) in [5.74, 6) is 0.368. The minimum atomic E-state index is -0.476. The van der Waals surface area contributed by atoms with Crippen molar-refractivity contribution in [1.82, 2.24) is 4.90 Å². The van der Waals surface area contributed by atoms with Crippen molar-refractivity contribution < 1.29 is 9.53 Å². The number of likely N-dealkylation sites (tertiary alicyclic amines) is 1. The molecule has 1 saturated heterocycles. The number of anilines is 1. The lowest BCUT2D eigenvalue weighted by molar-refractivity contribution is 0.00905. The number of carbonyl (C=O) groups is 1. The number of aryl methyl sites for hydroxylation is 1. The van der Waals surface area contributed by atoms with Crippen molar-refractivity contribution in [1.29, 1.82) is 0 Å². The quantitative estimate of drug-likeness (QED) is 0.425. The lowest BCUT2D eigenvalue weighted by atomic mass is 10.1. The van der Waals surface area contributed by atoms with Gasteiger partial charge in [-0.15, -0.1) is 24.0 Å². The van der Waals surface area contributed by atoms with Gasteiger partial charge in [0.1, 0.15) is 5.60 Å². The molecule has 0 saturated carbocycles. The fraction of sp³-hybridized carbons (Fsp3) is 0.529. The van der Waals surface area contributed by atoms with E-state index in [0.29, 0.717) is 19.0 Å². The Morgan fingerprint density at radius 1 is 1.42 bits per heavy atom. The van der Waals surface area contributed by atoms with Crippen molar-refractivity contribution in [3.8, 4) is 0 Å². The van der Waals surface area contributed by atoms with E-state index in [9.17, 15) is 4.79 Å². The van der Waals surface area contributed by atoms with Gasteiger partial charge in [-0.2, -0.15) is 0 Å². The Kier molecular flexibility index (Phi) is 7.31. The predicted octanol–water partition coefficient (Wildman–Crippen LogP) is 3.21. The summed E-state index contributed by atoms with van der Waals surface area (Å²) in [6.45, 7) is 8.74. The van der Waals surface area contributed by atoms with Crippen LogP contribution < -0.4 is 11.1 Å². The number of rotatable bonds is 3. The highest BCUT2D eigenvalue weighted by atomic mass is 127. The fourth-order valence-electron chi connectivity index (χ4n) is 2.26. The van der Waals surface area contributed by atoms with Crippen molar-refractivity contribution in [3.63, 3.8) is 0 Å². The Balaban J connectivity index is 0.00000288. The lowest BCUT2D eigenvalue weighted by Crippen LogP contribution is -2.54. The van der Waals surface area contributed by atoms with Gasteiger partial charge in [-0.3, -0.25) is 0 Å². The Labute approximate surface area is 160 Å². The number of hydrogen-bond donors (Lipinski definition) is 2. The molecule has 3 N–H and O–H groups in total. The summed E-state index contributed by atoms with van der Waals surface area (Å²) >= 11 is 0. The summed E-state index contributed by atoms with van der Waals surface area (Å²) in [4.78, 5) is 17.9. The second-order valence-electron chi connectivity index (χ2n) is 6.73. The Morgan fingerprint density at radius 3 is 2.67 bits per heavy atom. The van der Waals surface area contributed by atoms with Crippen LogP contribution in [0.4, 0.5) is 10.5 Å². The van der Waals surface area contributed by atoms with Gasteiger partial charge in [0.15, 0.2) is 5.96 Å². The maximum absolute atomic E-state index is 11.8. The zero-order chi connectivity index (χ0) is 17.0. The fourth-order valence-corrected chi connectivity index (χ4v) is 2.26. The maximum Gasteiger partial charge on any atom is 0.410 e. The first-order chi connectivity index (χ1) is 10.8. The number of amides is 1. The topological polar surface area (TPSA) is 80.0 Å². The van der Waals surface area contributed by atoms with Crippen molar-refractivity contribution in [2.75, 3.05) is 18.4 Å². The average Bonchev–Trinajstić information content (AvgIpc) is 2.40. The van der Waals surface area contributed by atoms with E-state index in [4.69, 9.17) is 10.5 Å². The minimum Gasteiger partial charge on any atom is -0.444 e. The molecule has 0 unspecified atom stereocenters. The van der Waals surface area contributed by atoms with E-state index >= 15 is 0 Å². The van der Waals surface area contributed by atoms with Gasteiger partial charge in [0, 0.05) is 18.8 Å². The van der Waals surface area contributed by atoms with Gasteiger partial charge in [-0.25, -0.2) is 9.79 Å². The molecule has 24 heavy (non-hydrogen) atoms. The number of nitrogens with zero attached hydrogens (tertiary/aromatic N) is 2. The van der Waals surface area contributed by atoms with Crippen LogP contribution in [0.2, 0.25) is 0 Å². The second kappa shape index (κ2) is 8.55. The molecule has 0 spiro atoms. The summed E-state index contributed by atoms with van der Waals surface area (Å²) in [7, 11) is 0. The molecule has 1 aliphatic rings. The summed E-state index contributed by atoms with van der Waals surface area (Å²) in [6.07, 6.45) is 0.672. The van der Waals surface area contributed by atoms with Crippen molar-refractivity contribution in [2.45, 2.75) is 45.8 Å². The summed E-state index contributed by atoms with van der Waals surface area (Å²) < 4.78 is 5.31. The monoisotopic (exact) mass is 446 g/mol. The van der Waals surface area contributed by atoms with Crippen LogP contribution >= 0.6 is 24.0 Å². The van der Waals surface area contributed by atoms with E-state index < -0.39 is 5.60 Å². The van der Waals surface area contributed by atoms with Crippen LogP contribution in [0.25, 0.3) is 0 Å². The number of nitrogens with two attached hydrogens (primary N) is 1. The van der Waals surface area contributed by atoms with Crippen LogP contribution in [-0.2, 0) is 11.2 Å². The highest BCUT2D eigenvalue weighted by Crippen LogP contribution is 2.17. The molecule has 0 aromatic heterocycles. The SMILES string of the molecule is CCc1cccc(NC(N)=NC2CN(C(=O)OC(C)(C)C)C2)c1.I. The third kappa shape index (κ3) is 6.18. The molecule has 1 aliphatic heterocycles. The summed E-state index contributed by atoms with van der Waals surface area (Å²) in [5.41, 5.74) is 7.62. The molecule has 1 fully saturated rings. The van der Waals surface area contributed by atoms with E-state index in [2.05, 4.69) is 29.4 Å². The van der Waals surface area contributed by atoms with Crippen LogP contribution in [0.1, 0.15) is 33.3 Å². The molecule has 6 nitrogen and oxygen atoms in total. The third-order valence-corrected chi connectivity index (χ3v) is 3.44. The van der Waals surface area contributed by atoms with E-state index in [-0.39, 0.29) is 36.1 Å². The van der Waals surface area contributed by atoms with Gasteiger partial charge in [0.05, 0.1) is 6.04 Å². The summed E-state index contributed by atoms with van der Waals surface area (Å²) in [5, 5.41) is 3.09. The maximum atomic E-state index is 11.8. The first-order valence-corrected chi connectivity index (χ1v) is 7.94. The molecule has 1 aromatic rings.